The molecule has 0 radical (unpaired) electrons. The van der Waals surface area contributed by atoms with E-state index in [1.54, 1.807) is 18.2 Å². The van der Waals surface area contributed by atoms with Crippen LogP contribution in [-0.4, -0.2) is 19.8 Å². The molecule has 0 aromatic heterocycles. The molecule has 160 valence electrons. The third kappa shape index (κ3) is 4.85. The molecule has 1 N–H and O–H groups in total. The first-order valence-corrected chi connectivity index (χ1v) is 11.9. The zero-order valence-corrected chi connectivity index (χ0v) is 19.2. The molecule has 2 aromatic rings. The highest BCUT2D eigenvalue weighted by atomic mass is 127. The average molecular weight is 545 g/mol. The molecule has 0 atom stereocenters. The fourth-order valence-corrected chi connectivity index (χ4v) is 5.40. The molecule has 1 aliphatic rings. The van der Waals surface area contributed by atoms with E-state index in [1.807, 2.05) is 22.6 Å². The molecule has 1 aliphatic carbocycles. The van der Waals surface area contributed by atoms with Gasteiger partial charge >= 0.3 is 0 Å². The summed E-state index contributed by atoms with van der Waals surface area (Å²) < 4.78 is 62.9. The second-order valence-corrected chi connectivity index (χ2v) is 10.6. The number of sulfonamides is 1. The van der Waals surface area contributed by atoms with Crippen LogP contribution in [0.15, 0.2) is 55.6 Å². The van der Waals surface area contributed by atoms with E-state index in [0.29, 0.717) is 24.8 Å². The van der Waals surface area contributed by atoms with Crippen LogP contribution >= 0.6 is 22.6 Å². The van der Waals surface area contributed by atoms with Crippen molar-refractivity contribution in [2.45, 2.75) is 30.4 Å². The van der Waals surface area contributed by atoms with Gasteiger partial charge in [-0.3, -0.25) is 4.72 Å². The highest BCUT2D eigenvalue weighted by Crippen LogP contribution is 2.48. The number of ether oxygens (including phenoxy) is 1. The first-order valence-electron chi connectivity index (χ1n) is 9.34. The Labute approximate surface area is 189 Å². The van der Waals surface area contributed by atoms with Gasteiger partial charge in [-0.1, -0.05) is 24.8 Å². The largest absolute Gasteiger partial charge is 0.487 e. The average Bonchev–Trinajstić information content (AvgIpc) is 3.46. The van der Waals surface area contributed by atoms with Gasteiger partial charge in [-0.25, -0.2) is 17.2 Å². The highest BCUT2D eigenvalue weighted by Gasteiger charge is 2.53. The third-order valence-corrected chi connectivity index (χ3v) is 7.89. The van der Waals surface area contributed by atoms with E-state index in [0.717, 1.165) is 9.64 Å². The van der Waals surface area contributed by atoms with Gasteiger partial charge < -0.3 is 4.74 Å². The summed E-state index contributed by atoms with van der Waals surface area (Å²) in [4.78, 5) is 0. The second-order valence-electron chi connectivity index (χ2n) is 7.23. The van der Waals surface area contributed by atoms with Crippen molar-refractivity contribution < 1.29 is 21.9 Å². The van der Waals surface area contributed by atoms with Gasteiger partial charge in [-0.2, -0.15) is 0 Å². The van der Waals surface area contributed by atoms with Crippen molar-refractivity contribution in [3.63, 3.8) is 0 Å². The fourth-order valence-electron chi connectivity index (χ4n) is 3.25. The van der Waals surface area contributed by atoms with Crippen LogP contribution in [0.1, 0.15) is 30.4 Å². The predicted molar refractivity (Wildman–Crippen MR) is 123 cm³/mol. The summed E-state index contributed by atoms with van der Waals surface area (Å²) >= 11 is 2.00. The Bertz CT molecular complexity index is 1080. The van der Waals surface area contributed by atoms with Crippen LogP contribution in [0.2, 0.25) is 0 Å². The van der Waals surface area contributed by atoms with Crippen molar-refractivity contribution in [1.82, 2.24) is 0 Å². The van der Waals surface area contributed by atoms with Crippen molar-refractivity contribution in [2.75, 3.05) is 11.3 Å². The molecule has 2 aromatic carbocycles. The molecule has 0 aliphatic heterocycles. The molecule has 30 heavy (non-hydrogen) atoms. The van der Waals surface area contributed by atoms with Gasteiger partial charge in [0.05, 0.1) is 10.4 Å². The summed E-state index contributed by atoms with van der Waals surface area (Å²) in [5.74, 6) is -1.02. The zero-order valence-electron chi connectivity index (χ0n) is 16.3. The van der Waals surface area contributed by atoms with Crippen LogP contribution in [0.3, 0.4) is 0 Å². The SMILES string of the molecule is C=CCOc1cc(F)cc(Cc2ccc(I)cc2F)c1NS(=O)(=O)C1(CC=C)CC1. The van der Waals surface area contributed by atoms with Gasteiger partial charge in [0.1, 0.15) is 24.0 Å². The monoisotopic (exact) mass is 545 g/mol. The standard InChI is InChI=1S/C22H22F2INO3S/c1-3-7-22(8-9-22)30(27,28)26-21-16(11-15-5-6-18(25)14-19(15)24)12-17(23)13-20(21)29-10-4-2/h3-6,12-14,26H,1-2,7-11H2. The summed E-state index contributed by atoms with van der Waals surface area (Å²) in [6.07, 6.45) is 4.39. The quantitative estimate of drug-likeness (QED) is 0.314. The molecule has 0 heterocycles. The Balaban J connectivity index is 2.06. The van der Waals surface area contributed by atoms with Gasteiger partial charge in [0.25, 0.3) is 0 Å². The number of benzene rings is 2. The molecule has 0 bridgehead atoms. The maximum Gasteiger partial charge on any atom is 0.238 e. The molecule has 0 unspecified atom stereocenters. The molecule has 4 nitrogen and oxygen atoms in total. The summed E-state index contributed by atoms with van der Waals surface area (Å²) in [6, 6.07) is 7.02. The molecule has 0 spiro atoms. The van der Waals surface area contributed by atoms with Gasteiger partial charge in [0.2, 0.25) is 10.0 Å². The van der Waals surface area contributed by atoms with Gasteiger partial charge in [-0.05, 0) is 71.2 Å². The van der Waals surface area contributed by atoms with Crippen LogP contribution in [0, 0.1) is 15.2 Å². The van der Waals surface area contributed by atoms with Crippen molar-refractivity contribution in [3.8, 4) is 5.75 Å². The Morgan fingerprint density at radius 1 is 1.13 bits per heavy atom. The maximum absolute atomic E-state index is 14.4. The predicted octanol–water partition coefficient (Wildman–Crippen LogP) is 5.58. The lowest BCUT2D eigenvalue weighted by Gasteiger charge is -2.21. The van der Waals surface area contributed by atoms with Crippen LogP contribution in [0.4, 0.5) is 14.5 Å². The van der Waals surface area contributed by atoms with Gasteiger partial charge in [0, 0.05) is 16.1 Å². The number of anilines is 1. The minimum absolute atomic E-state index is 0.00270. The van der Waals surface area contributed by atoms with E-state index in [4.69, 9.17) is 4.74 Å². The number of allylic oxidation sites excluding steroid dienone is 1. The topological polar surface area (TPSA) is 55.4 Å². The van der Waals surface area contributed by atoms with Gasteiger partial charge in [-0.15, -0.1) is 6.58 Å². The first kappa shape index (κ1) is 22.7. The fraction of sp³-hybridized carbons (Fsp3) is 0.273. The molecule has 1 fully saturated rings. The number of nitrogens with one attached hydrogen (secondary N) is 1. The smallest absolute Gasteiger partial charge is 0.238 e. The second kappa shape index (κ2) is 9.05. The molecular weight excluding hydrogens is 523 g/mol. The van der Waals surface area contributed by atoms with E-state index < -0.39 is 26.4 Å². The zero-order chi connectivity index (χ0) is 21.9. The molecular formula is C22H22F2INO3S. The van der Waals surface area contributed by atoms with Crippen molar-refractivity contribution >= 4 is 38.3 Å². The van der Waals surface area contributed by atoms with E-state index >= 15 is 0 Å². The number of hydrogen-bond donors (Lipinski definition) is 1. The van der Waals surface area contributed by atoms with E-state index in [1.165, 1.54) is 18.2 Å². The van der Waals surface area contributed by atoms with Crippen molar-refractivity contribution in [3.05, 3.63) is 82.0 Å². The normalized spacial score (nSPS) is 14.8. The van der Waals surface area contributed by atoms with E-state index in [-0.39, 0.29) is 30.0 Å². The lowest BCUT2D eigenvalue weighted by atomic mass is 10.0. The van der Waals surface area contributed by atoms with Crippen LogP contribution in [0.25, 0.3) is 0 Å². The number of halogens is 3. The molecule has 1 saturated carbocycles. The Hall–Kier alpha value is -1.94. The summed E-state index contributed by atoms with van der Waals surface area (Å²) in [7, 11) is -3.80. The third-order valence-electron chi connectivity index (χ3n) is 5.03. The van der Waals surface area contributed by atoms with E-state index in [9.17, 15) is 17.2 Å². The van der Waals surface area contributed by atoms with E-state index in [2.05, 4.69) is 17.9 Å². The Kier molecular flexibility index (Phi) is 6.86. The lowest BCUT2D eigenvalue weighted by Crippen LogP contribution is -2.30. The van der Waals surface area contributed by atoms with Gasteiger partial charge in [0.15, 0.2) is 0 Å². The summed E-state index contributed by atoms with van der Waals surface area (Å²) in [5.41, 5.74) is 0.724. The van der Waals surface area contributed by atoms with Crippen LogP contribution in [-0.2, 0) is 16.4 Å². The Morgan fingerprint density at radius 3 is 2.47 bits per heavy atom. The minimum atomic E-state index is -3.80. The first-order chi connectivity index (χ1) is 14.2. The molecule has 0 amide bonds. The Morgan fingerprint density at radius 2 is 1.87 bits per heavy atom. The highest BCUT2D eigenvalue weighted by molar-refractivity contribution is 14.1. The maximum atomic E-state index is 14.4. The summed E-state index contributed by atoms with van der Waals surface area (Å²) in [5, 5.41) is 0. The van der Waals surface area contributed by atoms with Crippen molar-refractivity contribution in [2.24, 2.45) is 0 Å². The lowest BCUT2D eigenvalue weighted by molar-refractivity contribution is 0.362. The molecule has 3 rings (SSSR count). The molecule has 0 saturated heterocycles. The van der Waals surface area contributed by atoms with Crippen LogP contribution < -0.4 is 9.46 Å². The van der Waals surface area contributed by atoms with Crippen LogP contribution in [0.5, 0.6) is 5.75 Å². The number of rotatable bonds is 10. The summed E-state index contributed by atoms with van der Waals surface area (Å²) in [6.45, 7) is 7.28. The minimum Gasteiger partial charge on any atom is -0.487 e. The molecule has 8 heteroatoms. The van der Waals surface area contributed by atoms with Crippen molar-refractivity contribution in [1.29, 1.82) is 0 Å². The number of hydrogen-bond acceptors (Lipinski definition) is 3.